The fourth-order valence-electron chi connectivity index (χ4n) is 3.14. The van der Waals surface area contributed by atoms with E-state index in [4.69, 9.17) is 20.8 Å². The molecule has 3 nitrogen and oxygen atoms in total. The highest BCUT2D eigenvalue weighted by atomic mass is 35.5. The Bertz CT molecular complexity index is 593. The fourth-order valence-corrected chi connectivity index (χ4v) is 4.27. The molecule has 2 aliphatic rings. The Kier molecular flexibility index (Phi) is 3.79. The molecule has 0 spiro atoms. The van der Waals surface area contributed by atoms with Gasteiger partial charge < -0.3 is 9.15 Å². The number of furan rings is 1. The van der Waals surface area contributed by atoms with E-state index in [1.165, 1.54) is 17.7 Å². The molecule has 3 atom stereocenters. The minimum Gasteiger partial charge on any atom is -0.467 e. The lowest BCUT2D eigenvalue weighted by Gasteiger charge is -2.24. The molecule has 112 valence electrons. The summed E-state index contributed by atoms with van der Waals surface area (Å²) in [5, 5.41) is 3.75. The first kappa shape index (κ1) is 13.8. The zero-order valence-electron chi connectivity index (χ0n) is 11.6. The molecule has 1 N–H and O–H groups in total. The second-order valence-electron chi connectivity index (χ2n) is 5.82. The van der Waals surface area contributed by atoms with E-state index >= 15 is 0 Å². The summed E-state index contributed by atoms with van der Waals surface area (Å²) in [4.78, 5) is 1.19. The topological polar surface area (TPSA) is 34.4 Å². The Morgan fingerprint density at radius 1 is 1.24 bits per heavy atom. The third-order valence-corrected chi connectivity index (χ3v) is 5.61. The summed E-state index contributed by atoms with van der Waals surface area (Å²) in [5.74, 6) is 1.68. The summed E-state index contributed by atoms with van der Waals surface area (Å²) in [5.41, 5.74) is 0. The van der Waals surface area contributed by atoms with Gasteiger partial charge in [-0.15, -0.1) is 11.3 Å². The highest BCUT2D eigenvalue weighted by Gasteiger charge is 2.41. The summed E-state index contributed by atoms with van der Waals surface area (Å²) in [7, 11) is 0. The van der Waals surface area contributed by atoms with Crippen LogP contribution in [0.1, 0.15) is 35.9 Å². The van der Waals surface area contributed by atoms with Gasteiger partial charge in [0.05, 0.1) is 16.7 Å². The minimum atomic E-state index is 0.0606. The third kappa shape index (κ3) is 2.90. The summed E-state index contributed by atoms with van der Waals surface area (Å²) in [6.45, 7) is 0.856. The molecule has 1 aliphatic carbocycles. The van der Waals surface area contributed by atoms with Crippen molar-refractivity contribution >= 4 is 22.9 Å². The monoisotopic (exact) mass is 323 g/mol. The van der Waals surface area contributed by atoms with Crippen molar-refractivity contribution in [3.8, 4) is 0 Å². The lowest BCUT2D eigenvalue weighted by atomic mass is 10.0. The Labute approximate surface area is 133 Å². The van der Waals surface area contributed by atoms with E-state index < -0.39 is 0 Å². The third-order valence-electron chi connectivity index (χ3n) is 4.31. The maximum absolute atomic E-state index is 6.11. The molecule has 2 fully saturated rings. The molecular weight excluding hydrogens is 306 g/mol. The van der Waals surface area contributed by atoms with E-state index in [-0.39, 0.29) is 6.04 Å². The number of ether oxygens (including phenoxy) is 1. The van der Waals surface area contributed by atoms with Gasteiger partial charge in [0.1, 0.15) is 11.8 Å². The molecule has 1 saturated heterocycles. The van der Waals surface area contributed by atoms with Gasteiger partial charge in [-0.1, -0.05) is 11.6 Å². The Hall–Kier alpha value is -0.810. The van der Waals surface area contributed by atoms with Crippen molar-refractivity contribution in [3.63, 3.8) is 0 Å². The molecule has 0 bridgehead atoms. The first-order valence-electron chi connectivity index (χ1n) is 7.47. The highest BCUT2D eigenvalue weighted by Crippen LogP contribution is 2.40. The van der Waals surface area contributed by atoms with E-state index in [0.29, 0.717) is 12.1 Å². The molecule has 0 radical (unpaired) electrons. The van der Waals surface area contributed by atoms with Crippen LogP contribution in [0.15, 0.2) is 34.9 Å². The SMILES string of the molecule is Clc1ccc(C(NC2CCOC2C2CC2)c2ccco2)s1. The zero-order valence-corrected chi connectivity index (χ0v) is 13.2. The van der Waals surface area contributed by atoms with E-state index in [9.17, 15) is 0 Å². The van der Waals surface area contributed by atoms with Crippen molar-refractivity contribution in [2.24, 2.45) is 5.92 Å². The summed E-state index contributed by atoms with van der Waals surface area (Å²) < 4.78 is 12.4. The van der Waals surface area contributed by atoms with Gasteiger partial charge in [0.25, 0.3) is 0 Å². The summed E-state index contributed by atoms with van der Waals surface area (Å²) in [6, 6.07) is 8.44. The van der Waals surface area contributed by atoms with Gasteiger partial charge in [0.2, 0.25) is 0 Å². The number of hydrogen-bond donors (Lipinski definition) is 1. The lowest BCUT2D eigenvalue weighted by molar-refractivity contribution is 0.0793. The smallest absolute Gasteiger partial charge is 0.126 e. The van der Waals surface area contributed by atoms with Crippen molar-refractivity contribution in [2.45, 2.75) is 37.5 Å². The van der Waals surface area contributed by atoms with Crippen molar-refractivity contribution in [2.75, 3.05) is 6.61 Å². The molecule has 2 aromatic heterocycles. The molecule has 2 aromatic rings. The number of nitrogens with one attached hydrogen (secondary N) is 1. The number of hydrogen-bond acceptors (Lipinski definition) is 4. The molecule has 21 heavy (non-hydrogen) atoms. The van der Waals surface area contributed by atoms with E-state index in [2.05, 4.69) is 11.4 Å². The van der Waals surface area contributed by atoms with Gasteiger partial charge in [-0.05, 0) is 49.4 Å². The van der Waals surface area contributed by atoms with Crippen LogP contribution in [0.5, 0.6) is 0 Å². The standard InChI is InChI=1S/C16H18ClNO2S/c17-14-6-5-13(21-14)15(12-2-1-8-19-12)18-11-7-9-20-16(11)10-3-4-10/h1-2,5-6,8,10-11,15-16,18H,3-4,7,9H2. The Morgan fingerprint density at radius 2 is 2.14 bits per heavy atom. The Balaban J connectivity index is 1.57. The first-order valence-corrected chi connectivity index (χ1v) is 8.67. The van der Waals surface area contributed by atoms with Gasteiger partial charge in [0, 0.05) is 17.5 Å². The van der Waals surface area contributed by atoms with Crippen LogP contribution in [0.3, 0.4) is 0 Å². The second kappa shape index (κ2) is 5.76. The molecule has 4 rings (SSSR count). The fraction of sp³-hybridized carbons (Fsp3) is 0.500. The molecule has 0 aromatic carbocycles. The maximum atomic E-state index is 6.11. The first-order chi connectivity index (χ1) is 10.3. The van der Waals surface area contributed by atoms with Crippen LogP contribution in [0.2, 0.25) is 4.34 Å². The van der Waals surface area contributed by atoms with E-state index in [1.807, 2.05) is 18.2 Å². The van der Waals surface area contributed by atoms with Crippen molar-refractivity contribution in [1.82, 2.24) is 5.32 Å². The van der Waals surface area contributed by atoms with Crippen LogP contribution in [0, 0.1) is 5.92 Å². The van der Waals surface area contributed by atoms with Crippen LogP contribution >= 0.6 is 22.9 Å². The normalized spacial score (nSPS) is 27.1. The van der Waals surface area contributed by atoms with Crippen molar-refractivity contribution in [3.05, 3.63) is 45.5 Å². The van der Waals surface area contributed by atoms with Gasteiger partial charge in [-0.25, -0.2) is 0 Å². The lowest BCUT2D eigenvalue weighted by Crippen LogP contribution is -2.40. The van der Waals surface area contributed by atoms with Crippen LogP contribution in [-0.2, 0) is 4.74 Å². The molecular formula is C16H18ClNO2S. The predicted molar refractivity (Wildman–Crippen MR) is 83.9 cm³/mol. The number of thiophene rings is 1. The summed E-state index contributed by atoms with van der Waals surface area (Å²) in [6.07, 6.45) is 5.76. The van der Waals surface area contributed by atoms with Gasteiger partial charge in [-0.2, -0.15) is 0 Å². The van der Waals surface area contributed by atoms with E-state index in [1.54, 1.807) is 17.6 Å². The van der Waals surface area contributed by atoms with E-state index in [0.717, 1.165) is 29.0 Å². The number of rotatable bonds is 5. The largest absolute Gasteiger partial charge is 0.467 e. The van der Waals surface area contributed by atoms with Crippen LogP contribution < -0.4 is 5.32 Å². The van der Waals surface area contributed by atoms with Crippen molar-refractivity contribution in [1.29, 1.82) is 0 Å². The molecule has 5 heteroatoms. The summed E-state index contributed by atoms with van der Waals surface area (Å²) >= 11 is 7.71. The maximum Gasteiger partial charge on any atom is 0.126 e. The zero-order chi connectivity index (χ0) is 14.2. The molecule has 1 aliphatic heterocycles. The molecule has 3 unspecified atom stereocenters. The average molecular weight is 324 g/mol. The number of halogens is 1. The van der Waals surface area contributed by atoms with Gasteiger partial charge in [-0.3, -0.25) is 5.32 Å². The quantitative estimate of drug-likeness (QED) is 0.893. The Morgan fingerprint density at radius 3 is 2.81 bits per heavy atom. The minimum absolute atomic E-state index is 0.0606. The predicted octanol–water partition coefficient (Wildman–Crippen LogP) is 4.24. The van der Waals surface area contributed by atoms with Crippen molar-refractivity contribution < 1.29 is 9.15 Å². The average Bonchev–Trinajstić information content (AvgIpc) is 2.93. The van der Waals surface area contributed by atoms with Crippen LogP contribution in [-0.4, -0.2) is 18.8 Å². The van der Waals surface area contributed by atoms with Gasteiger partial charge >= 0.3 is 0 Å². The van der Waals surface area contributed by atoms with Crippen LogP contribution in [0.25, 0.3) is 0 Å². The van der Waals surface area contributed by atoms with Gasteiger partial charge in [0.15, 0.2) is 0 Å². The molecule has 1 saturated carbocycles. The molecule has 0 amide bonds. The second-order valence-corrected chi connectivity index (χ2v) is 7.57. The molecule has 3 heterocycles. The highest BCUT2D eigenvalue weighted by molar-refractivity contribution is 7.16. The van der Waals surface area contributed by atoms with Crippen LogP contribution in [0.4, 0.5) is 0 Å².